The van der Waals surface area contributed by atoms with E-state index >= 15 is 0 Å². The summed E-state index contributed by atoms with van der Waals surface area (Å²) in [5, 5.41) is 2.98. The van der Waals surface area contributed by atoms with Gasteiger partial charge >= 0.3 is 0 Å². The standard InChI is InChI=1S/C20H14ClF2NO2S/c1-2-11-10-13(18(25)12-6-3-4-7-14(12)21)20(27-11)24-19(26)17-15(22)8-5-9-16(17)23/h3-10H,2H2,1H3,(H,24,26). The number of rotatable bonds is 5. The molecule has 0 unspecified atom stereocenters. The molecule has 0 atom stereocenters. The minimum absolute atomic E-state index is 0.226. The molecule has 7 heteroatoms. The Bertz CT molecular complexity index is 1010. The van der Waals surface area contributed by atoms with E-state index in [9.17, 15) is 18.4 Å². The summed E-state index contributed by atoms with van der Waals surface area (Å²) in [5.74, 6) is -3.28. The van der Waals surface area contributed by atoms with Crippen LogP contribution in [0.3, 0.4) is 0 Å². The van der Waals surface area contributed by atoms with E-state index in [0.29, 0.717) is 6.42 Å². The number of halogens is 3. The van der Waals surface area contributed by atoms with E-state index in [2.05, 4.69) is 5.32 Å². The third-order valence-electron chi connectivity index (χ3n) is 3.91. The van der Waals surface area contributed by atoms with Crippen LogP contribution in [0.15, 0.2) is 48.5 Å². The van der Waals surface area contributed by atoms with Crippen molar-refractivity contribution in [3.63, 3.8) is 0 Å². The minimum Gasteiger partial charge on any atom is -0.313 e. The molecule has 0 spiro atoms. The third-order valence-corrected chi connectivity index (χ3v) is 5.44. The molecule has 1 amide bonds. The van der Waals surface area contributed by atoms with Gasteiger partial charge in [-0.05, 0) is 36.8 Å². The van der Waals surface area contributed by atoms with Crippen LogP contribution in [-0.4, -0.2) is 11.7 Å². The highest BCUT2D eigenvalue weighted by Crippen LogP contribution is 2.32. The first-order chi connectivity index (χ1) is 12.9. The van der Waals surface area contributed by atoms with E-state index in [4.69, 9.17) is 11.6 Å². The maximum atomic E-state index is 13.9. The summed E-state index contributed by atoms with van der Waals surface area (Å²) in [6.45, 7) is 1.90. The third kappa shape index (κ3) is 3.91. The molecule has 1 N–H and O–H groups in total. The molecular formula is C20H14ClF2NO2S. The van der Waals surface area contributed by atoms with Crippen LogP contribution >= 0.6 is 22.9 Å². The fourth-order valence-corrected chi connectivity index (χ4v) is 3.76. The molecule has 0 fully saturated rings. The van der Waals surface area contributed by atoms with Crippen LogP contribution < -0.4 is 5.32 Å². The largest absolute Gasteiger partial charge is 0.313 e. The minimum atomic E-state index is -0.973. The highest BCUT2D eigenvalue weighted by Gasteiger charge is 2.23. The number of amides is 1. The quantitative estimate of drug-likeness (QED) is 0.551. The molecule has 0 aliphatic rings. The van der Waals surface area contributed by atoms with Crippen LogP contribution in [0.25, 0.3) is 0 Å². The number of nitrogens with one attached hydrogen (secondary N) is 1. The lowest BCUT2D eigenvalue weighted by atomic mass is 10.0. The van der Waals surface area contributed by atoms with Crippen LogP contribution in [0, 0.1) is 11.6 Å². The van der Waals surface area contributed by atoms with Gasteiger partial charge in [0.15, 0.2) is 5.78 Å². The normalized spacial score (nSPS) is 10.7. The lowest BCUT2D eigenvalue weighted by molar-refractivity contribution is 0.101. The summed E-state index contributed by atoms with van der Waals surface area (Å²) < 4.78 is 27.7. The molecule has 27 heavy (non-hydrogen) atoms. The second kappa shape index (κ2) is 7.98. The molecule has 3 nitrogen and oxygen atoms in total. The van der Waals surface area contributed by atoms with Gasteiger partial charge in [0.1, 0.15) is 22.2 Å². The highest BCUT2D eigenvalue weighted by atomic mass is 35.5. The molecule has 138 valence electrons. The topological polar surface area (TPSA) is 46.2 Å². The summed E-state index contributed by atoms with van der Waals surface area (Å²) in [6.07, 6.45) is 0.636. The van der Waals surface area contributed by atoms with Crippen molar-refractivity contribution in [1.29, 1.82) is 0 Å². The molecule has 2 aromatic carbocycles. The zero-order chi connectivity index (χ0) is 19.6. The monoisotopic (exact) mass is 405 g/mol. The van der Waals surface area contributed by atoms with Gasteiger partial charge in [-0.2, -0.15) is 0 Å². The van der Waals surface area contributed by atoms with E-state index in [1.165, 1.54) is 17.4 Å². The smallest absolute Gasteiger partial charge is 0.262 e. The molecule has 0 saturated heterocycles. The second-order valence-electron chi connectivity index (χ2n) is 5.67. The van der Waals surface area contributed by atoms with Crippen molar-refractivity contribution < 1.29 is 18.4 Å². The first kappa shape index (κ1) is 19.2. The van der Waals surface area contributed by atoms with E-state index in [0.717, 1.165) is 17.0 Å². The lowest BCUT2D eigenvalue weighted by Crippen LogP contribution is -2.17. The number of ketones is 1. The number of benzene rings is 2. The Morgan fingerprint density at radius 1 is 1.04 bits per heavy atom. The van der Waals surface area contributed by atoms with E-state index in [-0.39, 0.29) is 26.9 Å². The summed E-state index contributed by atoms with van der Waals surface area (Å²) in [4.78, 5) is 26.1. The van der Waals surface area contributed by atoms with Gasteiger partial charge in [0.05, 0.1) is 10.6 Å². The van der Waals surface area contributed by atoms with Gasteiger partial charge in [0.2, 0.25) is 0 Å². The highest BCUT2D eigenvalue weighted by molar-refractivity contribution is 7.16. The molecule has 0 aliphatic carbocycles. The Kier molecular flexibility index (Phi) is 5.68. The van der Waals surface area contributed by atoms with Gasteiger partial charge in [0, 0.05) is 10.4 Å². The van der Waals surface area contributed by atoms with Gasteiger partial charge < -0.3 is 5.32 Å². The average Bonchev–Trinajstić information content (AvgIpc) is 3.04. The van der Waals surface area contributed by atoms with Gasteiger partial charge in [-0.15, -0.1) is 11.3 Å². The Labute approximate surface area is 163 Å². The number of hydrogen-bond acceptors (Lipinski definition) is 3. The maximum absolute atomic E-state index is 13.9. The van der Waals surface area contributed by atoms with Crippen molar-refractivity contribution in [3.8, 4) is 0 Å². The summed E-state index contributed by atoms with van der Waals surface area (Å²) in [5.41, 5.74) is -0.178. The van der Waals surface area contributed by atoms with Crippen LogP contribution in [0.4, 0.5) is 13.8 Å². The molecule has 3 rings (SSSR count). The zero-order valence-electron chi connectivity index (χ0n) is 14.2. The first-order valence-electron chi connectivity index (χ1n) is 8.09. The van der Waals surface area contributed by atoms with Crippen LogP contribution in [-0.2, 0) is 6.42 Å². The van der Waals surface area contributed by atoms with Crippen molar-refractivity contribution in [3.05, 3.63) is 86.8 Å². The molecule has 0 saturated carbocycles. The molecular weight excluding hydrogens is 392 g/mol. The van der Waals surface area contributed by atoms with Gasteiger partial charge in [0.25, 0.3) is 5.91 Å². The van der Waals surface area contributed by atoms with Gasteiger partial charge in [-0.25, -0.2) is 8.78 Å². The Hall–Kier alpha value is -2.57. The predicted octanol–water partition coefficient (Wildman–Crippen LogP) is 5.73. The summed E-state index contributed by atoms with van der Waals surface area (Å²) in [7, 11) is 0. The van der Waals surface area contributed by atoms with Crippen molar-refractivity contribution in [2.24, 2.45) is 0 Å². The van der Waals surface area contributed by atoms with Crippen LogP contribution in [0.1, 0.15) is 38.1 Å². The Morgan fingerprint density at radius 2 is 1.70 bits per heavy atom. The van der Waals surface area contributed by atoms with Crippen molar-refractivity contribution in [1.82, 2.24) is 0 Å². The average molecular weight is 406 g/mol. The Balaban J connectivity index is 1.99. The SMILES string of the molecule is CCc1cc(C(=O)c2ccccc2Cl)c(NC(=O)c2c(F)cccc2F)s1. The number of hydrogen-bond donors (Lipinski definition) is 1. The van der Waals surface area contributed by atoms with Crippen LogP contribution in [0.2, 0.25) is 5.02 Å². The zero-order valence-corrected chi connectivity index (χ0v) is 15.8. The van der Waals surface area contributed by atoms with Crippen molar-refractivity contribution >= 4 is 39.6 Å². The number of anilines is 1. The molecule has 1 heterocycles. The Morgan fingerprint density at radius 3 is 2.33 bits per heavy atom. The fraction of sp³-hybridized carbons (Fsp3) is 0.100. The molecule has 3 aromatic rings. The maximum Gasteiger partial charge on any atom is 0.262 e. The molecule has 1 aromatic heterocycles. The summed E-state index contributed by atoms with van der Waals surface area (Å²) >= 11 is 7.28. The first-order valence-corrected chi connectivity index (χ1v) is 9.29. The van der Waals surface area contributed by atoms with Crippen molar-refractivity contribution in [2.45, 2.75) is 13.3 Å². The number of thiophene rings is 1. The molecule has 0 aliphatic heterocycles. The second-order valence-corrected chi connectivity index (χ2v) is 7.21. The van der Waals surface area contributed by atoms with Gasteiger partial charge in [-0.3, -0.25) is 9.59 Å². The van der Waals surface area contributed by atoms with E-state index in [1.807, 2.05) is 6.92 Å². The summed E-state index contributed by atoms with van der Waals surface area (Å²) in [6, 6.07) is 11.4. The fourth-order valence-electron chi connectivity index (χ4n) is 2.55. The number of carbonyl (C=O) groups excluding carboxylic acids is 2. The van der Waals surface area contributed by atoms with E-state index < -0.39 is 23.1 Å². The van der Waals surface area contributed by atoms with E-state index in [1.54, 1.807) is 30.3 Å². The number of carbonyl (C=O) groups is 2. The van der Waals surface area contributed by atoms with Crippen LogP contribution in [0.5, 0.6) is 0 Å². The lowest BCUT2D eigenvalue weighted by Gasteiger charge is -2.08. The predicted molar refractivity (Wildman–Crippen MR) is 103 cm³/mol. The van der Waals surface area contributed by atoms with Crippen molar-refractivity contribution in [2.75, 3.05) is 5.32 Å². The molecule has 0 radical (unpaired) electrons. The van der Waals surface area contributed by atoms with Gasteiger partial charge in [-0.1, -0.05) is 36.7 Å². The number of aryl methyl sites for hydroxylation is 1. The molecule has 0 bridgehead atoms.